The quantitative estimate of drug-likeness (QED) is 0.651. The Hall–Kier alpha value is -2.84. The number of aryl methyl sites for hydroxylation is 1. The zero-order valence-electron chi connectivity index (χ0n) is 14.5. The minimum Gasteiger partial charge on any atom is -0.506 e. The number of nitrogens with zero attached hydrogens (tertiary/aromatic N) is 2. The van der Waals surface area contributed by atoms with Crippen molar-refractivity contribution in [3.8, 4) is 11.4 Å². The van der Waals surface area contributed by atoms with E-state index in [1.165, 1.54) is 29.1 Å². The zero-order valence-corrected chi connectivity index (χ0v) is 16.0. The summed E-state index contributed by atoms with van der Waals surface area (Å²) in [5, 5.41) is 13.3. The van der Waals surface area contributed by atoms with E-state index in [9.17, 15) is 18.3 Å². The molecular formula is C18H16ClN3O4S. The van der Waals surface area contributed by atoms with Crippen LogP contribution in [0.1, 0.15) is 11.3 Å². The van der Waals surface area contributed by atoms with Gasteiger partial charge in [-0.15, -0.1) is 0 Å². The van der Waals surface area contributed by atoms with E-state index in [0.717, 1.165) is 6.26 Å². The molecule has 3 aromatic rings. The lowest BCUT2D eigenvalue weighted by Crippen LogP contribution is -2.17. The number of rotatable bonds is 4. The summed E-state index contributed by atoms with van der Waals surface area (Å²) in [5.74, 6) is -0.196. The minimum atomic E-state index is -3.45. The minimum absolute atomic E-state index is 0.0201. The summed E-state index contributed by atoms with van der Waals surface area (Å²) < 4.78 is 24.6. The van der Waals surface area contributed by atoms with Gasteiger partial charge in [0.15, 0.2) is 9.84 Å². The Morgan fingerprint density at radius 1 is 1.22 bits per heavy atom. The number of phenols is 1. The van der Waals surface area contributed by atoms with Crippen LogP contribution in [0, 0.1) is 6.92 Å². The predicted molar refractivity (Wildman–Crippen MR) is 105 cm³/mol. The molecule has 140 valence electrons. The number of hydrogen-bond donors (Lipinski definition) is 2. The number of hydrogen-bond acceptors (Lipinski definition) is 5. The number of nitrogens with one attached hydrogen (secondary N) is 1. The van der Waals surface area contributed by atoms with Crippen LogP contribution >= 0.6 is 11.6 Å². The Balaban J connectivity index is 2.05. The molecule has 2 N–H and O–H groups in total. The lowest BCUT2D eigenvalue weighted by molar-refractivity contribution is 0.476. The molecule has 0 saturated carbocycles. The van der Waals surface area contributed by atoms with E-state index in [1.54, 1.807) is 31.2 Å². The summed E-state index contributed by atoms with van der Waals surface area (Å²) in [7, 11) is -3.45. The molecule has 2 aromatic carbocycles. The Morgan fingerprint density at radius 3 is 2.59 bits per heavy atom. The maximum absolute atomic E-state index is 12.7. The second-order valence-electron chi connectivity index (χ2n) is 5.92. The van der Waals surface area contributed by atoms with Crippen LogP contribution in [0.3, 0.4) is 0 Å². The van der Waals surface area contributed by atoms with Gasteiger partial charge in [-0.05, 0) is 37.3 Å². The van der Waals surface area contributed by atoms with Crippen LogP contribution in [-0.2, 0) is 9.84 Å². The molecule has 0 aliphatic carbocycles. The van der Waals surface area contributed by atoms with Crippen molar-refractivity contribution in [3.63, 3.8) is 0 Å². The molecule has 0 unspecified atom stereocenters. The summed E-state index contributed by atoms with van der Waals surface area (Å²) in [6, 6.07) is 10.7. The van der Waals surface area contributed by atoms with Crippen molar-refractivity contribution in [3.05, 3.63) is 69.1 Å². The lowest BCUT2D eigenvalue weighted by atomic mass is 10.2. The molecule has 0 bridgehead atoms. The number of aromatic hydroxyl groups is 1. The standard InChI is InChI=1S/C18H16ClN3O4S/c1-11-13(18(24)22(21-11)16-6-4-3-5-14(16)19)10-20-15-9-12(27(2,25)26)7-8-17(15)23/h3-10,21,23H,1-2H3. The highest BCUT2D eigenvalue weighted by Gasteiger charge is 2.14. The summed E-state index contributed by atoms with van der Waals surface area (Å²) in [6.45, 7) is 1.70. The van der Waals surface area contributed by atoms with Gasteiger partial charge in [-0.25, -0.2) is 13.1 Å². The van der Waals surface area contributed by atoms with Crippen LogP contribution in [0.15, 0.2) is 57.1 Å². The van der Waals surface area contributed by atoms with E-state index in [4.69, 9.17) is 11.6 Å². The number of aromatic amines is 1. The van der Waals surface area contributed by atoms with E-state index in [-0.39, 0.29) is 27.5 Å². The molecule has 9 heteroatoms. The Morgan fingerprint density at radius 2 is 1.93 bits per heavy atom. The molecule has 0 aliphatic rings. The van der Waals surface area contributed by atoms with Crippen molar-refractivity contribution < 1.29 is 13.5 Å². The van der Waals surface area contributed by atoms with Crippen LogP contribution in [0.25, 0.3) is 5.69 Å². The highest BCUT2D eigenvalue weighted by molar-refractivity contribution is 7.90. The molecule has 27 heavy (non-hydrogen) atoms. The van der Waals surface area contributed by atoms with Gasteiger partial charge in [0.1, 0.15) is 11.4 Å². The first kappa shape index (κ1) is 18.9. The van der Waals surface area contributed by atoms with Crippen molar-refractivity contribution in [1.29, 1.82) is 0 Å². The highest BCUT2D eigenvalue weighted by atomic mass is 35.5. The van der Waals surface area contributed by atoms with Crippen molar-refractivity contribution in [1.82, 2.24) is 9.78 Å². The number of para-hydroxylation sites is 1. The average molecular weight is 406 g/mol. The van der Waals surface area contributed by atoms with Gasteiger partial charge in [0, 0.05) is 18.2 Å². The Kier molecular flexibility index (Phi) is 4.95. The molecule has 0 amide bonds. The maximum atomic E-state index is 12.7. The van der Waals surface area contributed by atoms with Crippen LogP contribution in [-0.4, -0.2) is 35.8 Å². The number of halogens is 1. The fraction of sp³-hybridized carbons (Fsp3) is 0.111. The SMILES string of the molecule is Cc1[nH]n(-c2ccccc2Cl)c(=O)c1C=Nc1cc(S(C)(=O)=O)ccc1O. The molecule has 0 spiro atoms. The predicted octanol–water partition coefficient (Wildman–Crippen LogP) is 2.99. The van der Waals surface area contributed by atoms with Gasteiger partial charge in [-0.1, -0.05) is 23.7 Å². The van der Waals surface area contributed by atoms with E-state index in [1.807, 2.05) is 0 Å². The van der Waals surface area contributed by atoms with Crippen molar-refractivity contribution in [2.75, 3.05) is 6.26 Å². The van der Waals surface area contributed by atoms with Crippen molar-refractivity contribution in [2.45, 2.75) is 11.8 Å². The van der Waals surface area contributed by atoms with Crippen molar-refractivity contribution in [2.24, 2.45) is 4.99 Å². The fourth-order valence-corrected chi connectivity index (χ4v) is 3.35. The van der Waals surface area contributed by atoms with E-state index in [0.29, 0.717) is 16.4 Å². The number of sulfone groups is 1. The third-order valence-electron chi connectivity index (χ3n) is 3.92. The Bertz CT molecular complexity index is 1210. The summed E-state index contributed by atoms with van der Waals surface area (Å²) >= 11 is 6.14. The van der Waals surface area contributed by atoms with Gasteiger partial charge >= 0.3 is 0 Å². The second-order valence-corrected chi connectivity index (χ2v) is 8.35. The third kappa shape index (κ3) is 3.81. The van der Waals surface area contributed by atoms with Crippen LogP contribution in [0.2, 0.25) is 5.02 Å². The van der Waals surface area contributed by atoms with Gasteiger partial charge in [0.25, 0.3) is 5.56 Å². The average Bonchev–Trinajstić information content (AvgIpc) is 2.88. The molecule has 0 atom stereocenters. The van der Waals surface area contributed by atoms with E-state index < -0.39 is 9.84 Å². The molecule has 1 heterocycles. The molecule has 0 fully saturated rings. The Labute approximate surface area is 160 Å². The fourth-order valence-electron chi connectivity index (χ4n) is 2.49. The third-order valence-corrected chi connectivity index (χ3v) is 5.35. The molecule has 1 aromatic heterocycles. The second kappa shape index (κ2) is 7.05. The van der Waals surface area contributed by atoms with Gasteiger partial charge in [0.05, 0.1) is 21.2 Å². The summed E-state index contributed by atoms with van der Waals surface area (Å²) in [5.41, 5.74) is 0.973. The molecule has 7 nitrogen and oxygen atoms in total. The first-order chi connectivity index (χ1) is 12.7. The van der Waals surface area contributed by atoms with Crippen LogP contribution < -0.4 is 5.56 Å². The number of H-pyrrole nitrogens is 1. The zero-order chi connectivity index (χ0) is 19.8. The molecule has 0 saturated heterocycles. The number of phenolic OH excluding ortho intramolecular Hbond substituents is 1. The highest BCUT2D eigenvalue weighted by Crippen LogP contribution is 2.29. The van der Waals surface area contributed by atoms with Crippen LogP contribution in [0.4, 0.5) is 5.69 Å². The first-order valence-corrected chi connectivity index (χ1v) is 10.1. The van der Waals surface area contributed by atoms with Gasteiger partial charge in [-0.2, -0.15) is 0 Å². The maximum Gasteiger partial charge on any atom is 0.280 e. The van der Waals surface area contributed by atoms with Gasteiger partial charge < -0.3 is 5.11 Å². The van der Waals surface area contributed by atoms with Gasteiger partial charge in [0.2, 0.25) is 0 Å². The van der Waals surface area contributed by atoms with Gasteiger partial charge in [-0.3, -0.25) is 14.9 Å². The molecule has 3 rings (SSSR count). The smallest absolute Gasteiger partial charge is 0.280 e. The monoisotopic (exact) mass is 405 g/mol. The van der Waals surface area contributed by atoms with Crippen LogP contribution in [0.5, 0.6) is 5.75 Å². The first-order valence-electron chi connectivity index (χ1n) is 7.82. The summed E-state index contributed by atoms with van der Waals surface area (Å²) in [6.07, 6.45) is 2.34. The largest absolute Gasteiger partial charge is 0.506 e. The normalized spacial score (nSPS) is 12.0. The van der Waals surface area contributed by atoms with Crippen molar-refractivity contribution >= 4 is 33.3 Å². The topological polar surface area (TPSA) is 105 Å². The van der Waals surface area contributed by atoms with E-state index >= 15 is 0 Å². The molecule has 0 aliphatic heterocycles. The number of benzene rings is 2. The number of aliphatic imine (C=N–C) groups is 1. The molecular weight excluding hydrogens is 390 g/mol. The summed E-state index contributed by atoms with van der Waals surface area (Å²) in [4.78, 5) is 16.8. The number of aromatic nitrogens is 2. The molecule has 0 radical (unpaired) electrons. The van der Waals surface area contributed by atoms with E-state index in [2.05, 4.69) is 10.1 Å². The lowest BCUT2D eigenvalue weighted by Gasteiger charge is -2.03.